The molecule has 1 aliphatic heterocycles. The number of aromatic nitrogens is 1. The predicted octanol–water partition coefficient (Wildman–Crippen LogP) is 1.89. The van der Waals surface area contributed by atoms with Crippen molar-refractivity contribution in [3.63, 3.8) is 0 Å². The highest BCUT2D eigenvalue weighted by atomic mass is 15.2. The largest absolute Gasteiger partial charge is 0.356 e. The zero-order chi connectivity index (χ0) is 8.23. The first-order valence-corrected chi connectivity index (χ1v) is 4.44. The van der Waals surface area contributed by atoms with Crippen molar-refractivity contribution in [2.45, 2.75) is 12.8 Å². The highest BCUT2D eigenvalue weighted by molar-refractivity contribution is 5.38. The van der Waals surface area contributed by atoms with Gasteiger partial charge in [0.2, 0.25) is 0 Å². The highest BCUT2D eigenvalue weighted by Crippen LogP contribution is 2.15. The van der Waals surface area contributed by atoms with Gasteiger partial charge in [0, 0.05) is 19.3 Å². The summed E-state index contributed by atoms with van der Waals surface area (Å²) in [5, 5.41) is 0. The molecule has 0 N–H and O–H groups in total. The Labute approximate surface area is 73.2 Å². The minimum atomic E-state index is 1.05. The van der Waals surface area contributed by atoms with Gasteiger partial charge in [-0.1, -0.05) is 6.07 Å². The van der Waals surface area contributed by atoms with Gasteiger partial charge in [-0.2, -0.15) is 0 Å². The summed E-state index contributed by atoms with van der Waals surface area (Å²) in [4.78, 5) is 6.62. The molecule has 0 aromatic carbocycles. The van der Waals surface area contributed by atoms with Crippen molar-refractivity contribution in [1.82, 2.24) is 4.98 Å². The Morgan fingerprint density at radius 3 is 3.00 bits per heavy atom. The van der Waals surface area contributed by atoms with Crippen molar-refractivity contribution in [2.75, 3.05) is 18.0 Å². The molecule has 2 nitrogen and oxygen atoms in total. The molecule has 0 spiro atoms. The third-order valence-corrected chi connectivity index (χ3v) is 2.16. The van der Waals surface area contributed by atoms with Gasteiger partial charge in [-0.15, -0.1) is 0 Å². The van der Waals surface area contributed by atoms with Gasteiger partial charge in [0.1, 0.15) is 5.82 Å². The van der Waals surface area contributed by atoms with Gasteiger partial charge in [-0.25, -0.2) is 4.98 Å². The molecular weight excluding hydrogens is 148 g/mol. The number of pyridine rings is 1. The van der Waals surface area contributed by atoms with Gasteiger partial charge in [0.05, 0.1) is 0 Å². The molecule has 12 heavy (non-hydrogen) atoms. The molecule has 63 valence electrons. The lowest BCUT2D eigenvalue weighted by atomic mass is 10.1. The normalized spacial score (nSPS) is 17.8. The Bertz CT molecular complexity index is 227. The Morgan fingerprint density at radius 1 is 1.33 bits per heavy atom. The SMILES string of the molecule is [CH]1CCCN(c2ccccn2)C1. The van der Waals surface area contributed by atoms with Crippen LogP contribution in [0.5, 0.6) is 0 Å². The Kier molecular flexibility index (Phi) is 2.26. The van der Waals surface area contributed by atoms with E-state index in [1.807, 2.05) is 18.3 Å². The second-order valence-corrected chi connectivity index (χ2v) is 3.06. The van der Waals surface area contributed by atoms with Gasteiger partial charge in [0.25, 0.3) is 0 Å². The monoisotopic (exact) mass is 161 g/mol. The van der Waals surface area contributed by atoms with Crippen molar-refractivity contribution in [3.05, 3.63) is 30.8 Å². The van der Waals surface area contributed by atoms with Gasteiger partial charge in [-0.3, -0.25) is 0 Å². The lowest BCUT2D eigenvalue weighted by Crippen LogP contribution is -2.30. The summed E-state index contributed by atoms with van der Waals surface area (Å²) in [6, 6.07) is 6.06. The summed E-state index contributed by atoms with van der Waals surface area (Å²) in [5.41, 5.74) is 0. The van der Waals surface area contributed by atoms with Crippen LogP contribution in [0.15, 0.2) is 24.4 Å². The van der Waals surface area contributed by atoms with E-state index < -0.39 is 0 Å². The zero-order valence-corrected chi connectivity index (χ0v) is 7.11. The molecule has 2 heteroatoms. The number of hydrogen-bond acceptors (Lipinski definition) is 2. The average molecular weight is 161 g/mol. The molecule has 1 aromatic heterocycles. The van der Waals surface area contributed by atoms with Crippen molar-refractivity contribution >= 4 is 5.82 Å². The van der Waals surface area contributed by atoms with Gasteiger partial charge < -0.3 is 4.90 Å². The molecule has 1 aliphatic rings. The van der Waals surface area contributed by atoms with Gasteiger partial charge >= 0.3 is 0 Å². The second-order valence-electron chi connectivity index (χ2n) is 3.06. The highest BCUT2D eigenvalue weighted by Gasteiger charge is 2.10. The van der Waals surface area contributed by atoms with Crippen molar-refractivity contribution in [3.8, 4) is 0 Å². The molecular formula is C10H13N2. The average Bonchev–Trinajstić information content (AvgIpc) is 2.21. The van der Waals surface area contributed by atoms with Crippen LogP contribution in [0.1, 0.15) is 12.8 Å². The first-order valence-electron chi connectivity index (χ1n) is 4.44. The van der Waals surface area contributed by atoms with Crippen LogP contribution in [-0.4, -0.2) is 18.1 Å². The summed E-state index contributed by atoms with van der Waals surface area (Å²) in [7, 11) is 0. The minimum Gasteiger partial charge on any atom is -0.356 e. The zero-order valence-electron chi connectivity index (χ0n) is 7.11. The molecule has 1 aromatic rings. The van der Waals surface area contributed by atoms with E-state index in [-0.39, 0.29) is 0 Å². The van der Waals surface area contributed by atoms with Gasteiger partial charge in [-0.05, 0) is 31.4 Å². The minimum absolute atomic E-state index is 1.05. The maximum Gasteiger partial charge on any atom is 0.128 e. The lowest BCUT2D eigenvalue weighted by molar-refractivity contribution is 0.665. The van der Waals surface area contributed by atoms with Crippen LogP contribution in [0.2, 0.25) is 0 Å². The van der Waals surface area contributed by atoms with Crippen molar-refractivity contribution < 1.29 is 0 Å². The summed E-state index contributed by atoms with van der Waals surface area (Å²) >= 11 is 0. The smallest absolute Gasteiger partial charge is 0.128 e. The fourth-order valence-corrected chi connectivity index (χ4v) is 1.51. The van der Waals surface area contributed by atoms with E-state index >= 15 is 0 Å². The van der Waals surface area contributed by atoms with Crippen molar-refractivity contribution in [2.24, 2.45) is 0 Å². The lowest BCUT2D eigenvalue weighted by Gasteiger charge is -2.27. The molecule has 0 saturated carbocycles. The van der Waals surface area contributed by atoms with E-state index in [0.29, 0.717) is 0 Å². The molecule has 2 rings (SSSR count). The number of anilines is 1. The standard InChI is InChI=1S/C10H13N2/c1-4-8-12(9-5-1)10-6-2-3-7-11-10/h2-4,6-7H,1,5,8-9H2. The maximum atomic E-state index is 4.31. The molecule has 0 aliphatic carbocycles. The molecule has 1 saturated heterocycles. The fraction of sp³-hybridized carbons (Fsp3) is 0.400. The first kappa shape index (κ1) is 7.59. The van der Waals surface area contributed by atoms with E-state index in [9.17, 15) is 0 Å². The van der Waals surface area contributed by atoms with Crippen LogP contribution >= 0.6 is 0 Å². The van der Waals surface area contributed by atoms with Crippen LogP contribution in [0, 0.1) is 6.42 Å². The van der Waals surface area contributed by atoms with Gasteiger partial charge in [0.15, 0.2) is 0 Å². The number of rotatable bonds is 1. The fourth-order valence-electron chi connectivity index (χ4n) is 1.51. The van der Waals surface area contributed by atoms with E-state index in [2.05, 4.69) is 22.4 Å². The van der Waals surface area contributed by atoms with E-state index in [4.69, 9.17) is 0 Å². The molecule has 1 fully saturated rings. The quantitative estimate of drug-likeness (QED) is 0.625. The molecule has 0 amide bonds. The molecule has 0 atom stereocenters. The number of nitrogens with zero attached hydrogens (tertiary/aromatic N) is 2. The third kappa shape index (κ3) is 1.58. The first-order chi connectivity index (χ1) is 5.97. The van der Waals surface area contributed by atoms with E-state index in [1.165, 1.54) is 12.8 Å². The van der Waals surface area contributed by atoms with Crippen LogP contribution < -0.4 is 4.90 Å². The van der Waals surface area contributed by atoms with Crippen LogP contribution in [-0.2, 0) is 0 Å². The second kappa shape index (κ2) is 3.57. The number of piperidine rings is 1. The Balaban J connectivity index is 2.08. The van der Waals surface area contributed by atoms with Crippen LogP contribution in [0.3, 0.4) is 0 Å². The van der Waals surface area contributed by atoms with Crippen LogP contribution in [0.4, 0.5) is 5.82 Å². The third-order valence-electron chi connectivity index (χ3n) is 2.16. The summed E-state index contributed by atoms with van der Waals surface area (Å²) in [5.74, 6) is 1.11. The summed E-state index contributed by atoms with van der Waals surface area (Å²) < 4.78 is 0. The van der Waals surface area contributed by atoms with E-state index in [0.717, 1.165) is 18.9 Å². The molecule has 0 bridgehead atoms. The molecule has 0 unspecified atom stereocenters. The maximum absolute atomic E-state index is 4.31. The summed E-state index contributed by atoms with van der Waals surface area (Å²) in [6.45, 7) is 2.20. The Morgan fingerprint density at radius 2 is 2.33 bits per heavy atom. The molecule has 2 heterocycles. The molecule has 1 radical (unpaired) electrons. The number of hydrogen-bond donors (Lipinski definition) is 0. The van der Waals surface area contributed by atoms with Crippen LogP contribution in [0.25, 0.3) is 0 Å². The van der Waals surface area contributed by atoms with Crippen molar-refractivity contribution in [1.29, 1.82) is 0 Å². The summed E-state index contributed by atoms with van der Waals surface area (Å²) in [6.07, 6.45) is 6.68. The Hall–Kier alpha value is -1.05. The topological polar surface area (TPSA) is 16.1 Å². The van der Waals surface area contributed by atoms with E-state index in [1.54, 1.807) is 0 Å². The predicted molar refractivity (Wildman–Crippen MR) is 50.0 cm³/mol.